The molecule has 3 heterocycles. The third kappa shape index (κ3) is 2.51. The summed E-state index contributed by atoms with van der Waals surface area (Å²) in [6.07, 6.45) is 1.95. The topological polar surface area (TPSA) is 39.3 Å². The molecule has 0 fully saturated rings. The number of benzene rings is 2. The van der Waals surface area contributed by atoms with E-state index in [1.54, 1.807) is 4.40 Å². The number of thiazole rings is 1. The standard InChI is InChI=1S/C22H16ClN3OS/c1-13-11-15(14(2)25(13)18-9-5-3-7-16(18)23)12-20-21(27)26-19-10-6-4-8-17(19)24-22(26)28-20/h3-12H,1-2H3/b20-12-. The molecule has 0 spiro atoms. The molecular weight excluding hydrogens is 390 g/mol. The van der Waals surface area contributed by atoms with Crippen molar-refractivity contribution in [1.82, 2.24) is 14.0 Å². The van der Waals surface area contributed by atoms with Gasteiger partial charge in [0.25, 0.3) is 5.56 Å². The number of rotatable bonds is 2. The summed E-state index contributed by atoms with van der Waals surface area (Å²) in [5.41, 5.74) is 5.71. The lowest BCUT2D eigenvalue weighted by Gasteiger charge is -2.11. The summed E-state index contributed by atoms with van der Waals surface area (Å²) in [4.78, 5) is 18.3. The van der Waals surface area contributed by atoms with Gasteiger partial charge in [-0.15, -0.1) is 0 Å². The van der Waals surface area contributed by atoms with Gasteiger partial charge in [-0.2, -0.15) is 0 Å². The van der Waals surface area contributed by atoms with E-state index in [4.69, 9.17) is 11.6 Å². The molecule has 6 heteroatoms. The summed E-state index contributed by atoms with van der Waals surface area (Å²) in [7, 11) is 0. The third-order valence-corrected chi connectivity index (χ3v) is 6.28. The Morgan fingerprint density at radius 1 is 1.07 bits per heavy atom. The van der Waals surface area contributed by atoms with Crippen LogP contribution in [0.25, 0.3) is 27.8 Å². The third-order valence-electron chi connectivity index (χ3n) is 5.00. The molecule has 3 aromatic heterocycles. The van der Waals surface area contributed by atoms with Crippen LogP contribution in [0.5, 0.6) is 0 Å². The van der Waals surface area contributed by atoms with Crippen LogP contribution >= 0.6 is 22.9 Å². The van der Waals surface area contributed by atoms with Crippen LogP contribution in [0.4, 0.5) is 0 Å². The highest BCUT2D eigenvalue weighted by atomic mass is 35.5. The van der Waals surface area contributed by atoms with Crippen LogP contribution in [0.15, 0.2) is 59.4 Å². The Hall–Kier alpha value is -2.89. The number of aryl methyl sites for hydroxylation is 1. The first-order valence-electron chi connectivity index (χ1n) is 8.90. The molecule has 0 saturated carbocycles. The van der Waals surface area contributed by atoms with Gasteiger partial charge in [-0.25, -0.2) is 9.38 Å². The van der Waals surface area contributed by atoms with Gasteiger partial charge in [-0.1, -0.05) is 47.2 Å². The van der Waals surface area contributed by atoms with Gasteiger partial charge in [-0.05, 0) is 55.8 Å². The Morgan fingerprint density at radius 2 is 1.82 bits per heavy atom. The molecule has 0 aliphatic carbocycles. The van der Waals surface area contributed by atoms with E-state index in [1.165, 1.54) is 11.3 Å². The molecule has 0 N–H and O–H groups in total. The van der Waals surface area contributed by atoms with Crippen LogP contribution in [0.1, 0.15) is 17.0 Å². The lowest BCUT2D eigenvalue weighted by Crippen LogP contribution is -2.22. The predicted molar refractivity (Wildman–Crippen MR) is 116 cm³/mol. The fourth-order valence-corrected chi connectivity index (χ4v) is 4.89. The summed E-state index contributed by atoms with van der Waals surface area (Å²) < 4.78 is 4.49. The maximum absolute atomic E-state index is 13.0. The monoisotopic (exact) mass is 405 g/mol. The highest BCUT2D eigenvalue weighted by Crippen LogP contribution is 2.26. The van der Waals surface area contributed by atoms with Gasteiger partial charge in [0.2, 0.25) is 0 Å². The molecule has 138 valence electrons. The van der Waals surface area contributed by atoms with Crippen molar-refractivity contribution in [2.75, 3.05) is 0 Å². The van der Waals surface area contributed by atoms with Gasteiger partial charge in [-0.3, -0.25) is 4.79 Å². The summed E-state index contributed by atoms with van der Waals surface area (Å²) in [5.74, 6) is 0. The van der Waals surface area contributed by atoms with Gasteiger partial charge in [0, 0.05) is 11.4 Å². The Morgan fingerprint density at radius 3 is 2.64 bits per heavy atom. The van der Waals surface area contributed by atoms with Crippen LogP contribution < -0.4 is 10.1 Å². The van der Waals surface area contributed by atoms with Crippen LogP contribution in [-0.2, 0) is 0 Å². The van der Waals surface area contributed by atoms with E-state index in [2.05, 4.69) is 15.6 Å². The lowest BCUT2D eigenvalue weighted by atomic mass is 10.2. The zero-order valence-electron chi connectivity index (χ0n) is 15.3. The maximum atomic E-state index is 13.0. The fourth-order valence-electron chi connectivity index (χ4n) is 3.69. The zero-order valence-corrected chi connectivity index (χ0v) is 16.9. The Kier molecular flexibility index (Phi) is 3.89. The van der Waals surface area contributed by atoms with E-state index >= 15 is 0 Å². The maximum Gasteiger partial charge on any atom is 0.274 e. The van der Waals surface area contributed by atoms with E-state index in [9.17, 15) is 4.79 Å². The van der Waals surface area contributed by atoms with Crippen molar-refractivity contribution in [3.8, 4) is 5.69 Å². The molecule has 5 rings (SSSR count). The van der Waals surface area contributed by atoms with Crippen LogP contribution in [0, 0.1) is 13.8 Å². The van der Waals surface area contributed by atoms with Crippen molar-refractivity contribution >= 4 is 45.0 Å². The molecule has 5 aromatic rings. The van der Waals surface area contributed by atoms with E-state index in [0.29, 0.717) is 9.55 Å². The quantitative estimate of drug-likeness (QED) is 0.433. The van der Waals surface area contributed by atoms with Crippen LogP contribution in [-0.4, -0.2) is 14.0 Å². The molecule has 0 atom stereocenters. The molecule has 0 radical (unpaired) electrons. The molecule has 4 nitrogen and oxygen atoms in total. The summed E-state index contributed by atoms with van der Waals surface area (Å²) in [6.45, 7) is 4.08. The number of fused-ring (bicyclic) bond motifs is 3. The van der Waals surface area contributed by atoms with Crippen molar-refractivity contribution in [2.24, 2.45) is 0 Å². The molecule has 0 bridgehead atoms. The fraction of sp³-hybridized carbons (Fsp3) is 0.0909. The van der Waals surface area contributed by atoms with Gasteiger partial charge in [0.15, 0.2) is 4.96 Å². The number of hydrogen-bond donors (Lipinski definition) is 0. The molecule has 0 unspecified atom stereocenters. The van der Waals surface area contributed by atoms with Gasteiger partial charge in [0.05, 0.1) is 26.3 Å². The Bertz CT molecular complexity index is 1480. The highest BCUT2D eigenvalue weighted by Gasteiger charge is 2.14. The normalized spacial score (nSPS) is 12.5. The molecule has 0 amide bonds. The minimum atomic E-state index is -0.0313. The highest BCUT2D eigenvalue weighted by molar-refractivity contribution is 7.15. The van der Waals surface area contributed by atoms with Gasteiger partial charge in [0.1, 0.15) is 0 Å². The number of hydrogen-bond acceptors (Lipinski definition) is 3. The first-order valence-corrected chi connectivity index (χ1v) is 10.1. The van der Waals surface area contributed by atoms with E-state index in [1.807, 2.05) is 68.5 Å². The lowest BCUT2D eigenvalue weighted by molar-refractivity contribution is 0.964. The minimum Gasteiger partial charge on any atom is -0.316 e. The van der Waals surface area contributed by atoms with E-state index in [0.717, 1.165) is 38.6 Å². The van der Waals surface area contributed by atoms with E-state index < -0.39 is 0 Å². The number of aromatic nitrogens is 3. The number of para-hydroxylation sites is 3. The van der Waals surface area contributed by atoms with Gasteiger partial charge >= 0.3 is 0 Å². The average molecular weight is 406 g/mol. The Labute approximate surface area is 169 Å². The van der Waals surface area contributed by atoms with Crippen LogP contribution in [0.2, 0.25) is 5.02 Å². The van der Waals surface area contributed by atoms with Gasteiger partial charge < -0.3 is 4.57 Å². The summed E-state index contributed by atoms with van der Waals surface area (Å²) in [6, 6.07) is 17.6. The second kappa shape index (κ2) is 6.33. The second-order valence-electron chi connectivity index (χ2n) is 6.75. The Balaban J connectivity index is 1.72. The zero-order chi connectivity index (χ0) is 19.4. The SMILES string of the molecule is Cc1cc(/C=c2\sc3nc4ccccc4n3c2=O)c(C)n1-c1ccccc1Cl. The molecule has 0 aliphatic heterocycles. The number of imidazole rings is 1. The molecule has 0 saturated heterocycles. The molecular formula is C22H16ClN3OS. The van der Waals surface area contributed by atoms with Crippen molar-refractivity contribution in [1.29, 1.82) is 0 Å². The van der Waals surface area contributed by atoms with Crippen molar-refractivity contribution < 1.29 is 0 Å². The summed E-state index contributed by atoms with van der Waals surface area (Å²) in [5, 5.41) is 0.696. The van der Waals surface area contributed by atoms with Crippen molar-refractivity contribution in [3.05, 3.63) is 91.5 Å². The average Bonchev–Trinajstić information content (AvgIpc) is 3.28. The number of nitrogens with zero attached hydrogens (tertiary/aromatic N) is 3. The molecule has 0 aliphatic rings. The van der Waals surface area contributed by atoms with E-state index in [-0.39, 0.29) is 5.56 Å². The largest absolute Gasteiger partial charge is 0.316 e. The van der Waals surface area contributed by atoms with Crippen molar-refractivity contribution in [2.45, 2.75) is 13.8 Å². The second-order valence-corrected chi connectivity index (χ2v) is 8.16. The molecule has 2 aromatic carbocycles. The predicted octanol–water partition coefficient (Wildman–Crippen LogP) is 4.52. The van der Waals surface area contributed by atoms with Crippen molar-refractivity contribution in [3.63, 3.8) is 0 Å². The number of halogens is 1. The smallest absolute Gasteiger partial charge is 0.274 e. The van der Waals surface area contributed by atoms with Crippen LogP contribution in [0.3, 0.4) is 0 Å². The first-order chi connectivity index (χ1) is 13.5. The minimum absolute atomic E-state index is 0.0313. The molecule has 28 heavy (non-hydrogen) atoms. The summed E-state index contributed by atoms with van der Waals surface area (Å²) >= 11 is 7.82. The first kappa shape index (κ1) is 17.2.